The number of aliphatic hydroxyl groups is 17. The smallest absolute Gasteiger partial charge is 0.397 e. The van der Waals surface area contributed by atoms with Gasteiger partial charge in [-0.3, -0.25) is 23.7 Å². The zero-order valence-electron chi connectivity index (χ0n) is 50.5. The third-order valence-electron chi connectivity index (χ3n) is 16.2. The Hall–Kier alpha value is -4.43. The van der Waals surface area contributed by atoms with Crippen LogP contribution < -0.4 is 21.3 Å². The van der Waals surface area contributed by atoms with E-state index in [0.717, 1.165) is 27.7 Å². The fourth-order valence-electron chi connectivity index (χ4n) is 11.6. The molecule has 0 bridgehead atoms. The van der Waals surface area contributed by atoms with Crippen molar-refractivity contribution in [2.75, 3.05) is 39.6 Å². The maximum absolute atomic E-state index is 13.1. The van der Waals surface area contributed by atoms with Gasteiger partial charge in [-0.25, -0.2) is 13.8 Å². The van der Waals surface area contributed by atoms with Crippen LogP contribution in [-0.2, 0) is 95.5 Å². The van der Waals surface area contributed by atoms with Gasteiger partial charge in [0.2, 0.25) is 23.6 Å². The number of carboxylic acid groups (broad SMARTS) is 2. The fourth-order valence-corrected chi connectivity index (χ4v) is 11.9. The van der Waals surface area contributed by atoms with Gasteiger partial charge in [0.25, 0.3) is 11.6 Å². The van der Waals surface area contributed by atoms with E-state index < -0.39 is 294 Å². The zero-order chi connectivity index (χ0) is 71.3. The monoisotopic (exact) mass is 1410 g/mol. The highest BCUT2D eigenvalue weighted by molar-refractivity contribution is 7.80. The van der Waals surface area contributed by atoms with Gasteiger partial charge in [-0.2, -0.15) is 8.42 Å². The molecule has 32 atom stereocenters. The topological polar surface area (TPSA) is 700 Å². The minimum absolute atomic E-state index is 0.860. The van der Waals surface area contributed by atoms with Crippen LogP contribution in [0.5, 0.6) is 0 Å². The first-order valence-corrected chi connectivity index (χ1v) is 30.4. The molecule has 6 aliphatic rings. The second-order valence-electron chi connectivity index (χ2n) is 23.1. The molecule has 0 saturated carbocycles. The van der Waals surface area contributed by atoms with Gasteiger partial charge in [-0.05, 0) is 0 Å². The Morgan fingerprint density at radius 1 is 0.484 bits per heavy atom. The van der Waals surface area contributed by atoms with Crippen molar-refractivity contribution in [3.63, 3.8) is 0 Å². The summed E-state index contributed by atoms with van der Waals surface area (Å²) in [6.45, 7) is -3.57. The summed E-state index contributed by atoms with van der Waals surface area (Å²) in [6, 6.07) is -7.31. The van der Waals surface area contributed by atoms with Crippen LogP contribution in [0.25, 0.3) is 0 Å². The molecule has 0 aromatic heterocycles. The molecule has 1 unspecified atom stereocenters. The predicted molar refractivity (Wildman–Crippen MR) is 290 cm³/mol. The minimum atomic E-state index is -5.43. The van der Waals surface area contributed by atoms with Crippen LogP contribution in [-0.4, -0.2) is 380 Å². The van der Waals surface area contributed by atoms with E-state index in [4.69, 9.17) is 52.1 Å². The van der Waals surface area contributed by atoms with E-state index in [-0.39, 0.29) is 0 Å². The second kappa shape index (κ2) is 33.2. The molecule has 45 heteroatoms. The summed E-state index contributed by atoms with van der Waals surface area (Å²) in [5.74, 6) is -14.6. The SMILES string of the molecule is CC(=O)N[C@H]1[C@H](OC[C@H]2OC(O)[C@H](NC(C)=O)[C@@H](O[C@@H]3O[C@H](CO)[C@H](O)[C@H](O[C@]4(C(=O)O)C[C@H](O)[C@@H](NC(C)=O)[C@H]([C@H](O)[C@H](O)CO)O4)[C@H]3O)[C@H]2O)O[C@H](CO)[C@@H](O[C@@H]2O[C@H](COS(=O)(=O)O)[C@H](O)[C@H](O[C@]3(C(=O)O)C[C@H](O)[C@@H](NC(C)=O)[C@H]([C@H](O)[C@H](O)CO)O3)[C@H]2O)[C@@H]1O. The van der Waals surface area contributed by atoms with Crippen LogP contribution in [0, 0.1) is 0 Å². The summed E-state index contributed by atoms with van der Waals surface area (Å²) in [6.07, 6.45) is -60.6. The number of carboxylic acids is 2. The number of nitrogens with one attached hydrogen (secondary N) is 4. The number of carbonyl (C=O) groups is 6. The lowest BCUT2D eigenvalue weighted by Gasteiger charge is -2.51. The highest BCUT2D eigenvalue weighted by atomic mass is 32.3. The lowest BCUT2D eigenvalue weighted by molar-refractivity contribution is -0.384. The second-order valence-corrected chi connectivity index (χ2v) is 24.2. The van der Waals surface area contributed by atoms with Crippen molar-refractivity contribution in [3.05, 3.63) is 0 Å². The lowest BCUT2D eigenvalue weighted by Crippen LogP contribution is -2.71. The maximum Gasteiger partial charge on any atom is 0.397 e. The van der Waals surface area contributed by atoms with E-state index in [0.29, 0.717) is 0 Å². The van der Waals surface area contributed by atoms with Crippen molar-refractivity contribution in [1.82, 2.24) is 21.3 Å². The number of aliphatic carboxylic acids is 2. The van der Waals surface area contributed by atoms with Gasteiger partial charge >= 0.3 is 22.3 Å². The van der Waals surface area contributed by atoms with Gasteiger partial charge in [-0.15, -0.1) is 0 Å². The molecular weight excluding hydrogens is 1330 g/mol. The van der Waals surface area contributed by atoms with Crippen LogP contribution in [0.2, 0.25) is 0 Å². The molecule has 24 N–H and O–H groups in total. The van der Waals surface area contributed by atoms with Crippen LogP contribution in [0.4, 0.5) is 0 Å². The van der Waals surface area contributed by atoms with Crippen LogP contribution in [0.3, 0.4) is 0 Å². The summed E-state index contributed by atoms with van der Waals surface area (Å²) >= 11 is 0. The number of hydrogen-bond acceptors (Lipinski definition) is 37. The Morgan fingerprint density at radius 3 is 1.27 bits per heavy atom. The molecule has 0 aliphatic carbocycles. The number of aliphatic hydroxyl groups excluding tert-OH is 17. The molecule has 6 rings (SSSR count). The van der Waals surface area contributed by atoms with Gasteiger partial charge in [0.15, 0.2) is 25.2 Å². The molecule has 0 aromatic carbocycles. The van der Waals surface area contributed by atoms with Crippen LogP contribution in [0.15, 0.2) is 0 Å². The number of ether oxygens (including phenoxy) is 11. The van der Waals surface area contributed by atoms with Crippen molar-refractivity contribution >= 4 is 46.0 Å². The zero-order valence-corrected chi connectivity index (χ0v) is 51.3. The van der Waals surface area contributed by atoms with Gasteiger partial charge in [0.05, 0.1) is 63.9 Å². The molecule has 4 amide bonds. The molecule has 0 aromatic rings. The molecular formula is C50H82N4O40S. The fraction of sp³-hybridized carbons (Fsp3) is 0.880. The highest BCUT2D eigenvalue weighted by Crippen LogP contribution is 2.41. The van der Waals surface area contributed by atoms with Crippen molar-refractivity contribution in [3.8, 4) is 0 Å². The Bertz CT molecular complexity index is 2710. The molecule has 6 fully saturated rings. The molecule has 6 saturated heterocycles. The van der Waals surface area contributed by atoms with Crippen molar-refractivity contribution in [2.45, 2.75) is 236 Å². The number of rotatable bonds is 28. The van der Waals surface area contributed by atoms with E-state index in [9.17, 15) is 139 Å². The predicted octanol–water partition coefficient (Wildman–Crippen LogP) is -15.3. The van der Waals surface area contributed by atoms with E-state index >= 15 is 0 Å². The van der Waals surface area contributed by atoms with Crippen LogP contribution >= 0.6 is 0 Å². The molecule has 6 aliphatic heterocycles. The normalized spacial score (nSPS) is 42.3. The van der Waals surface area contributed by atoms with E-state index in [2.05, 4.69) is 25.5 Å². The first-order chi connectivity index (χ1) is 44.3. The molecule has 44 nitrogen and oxygen atoms in total. The number of amides is 4. The highest BCUT2D eigenvalue weighted by Gasteiger charge is 2.63. The molecule has 95 heavy (non-hydrogen) atoms. The minimum Gasteiger partial charge on any atom is -0.477 e. The van der Waals surface area contributed by atoms with Gasteiger partial charge in [-0.1, -0.05) is 0 Å². The van der Waals surface area contributed by atoms with E-state index in [1.807, 2.05) is 0 Å². The van der Waals surface area contributed by atoms with Gasteiger partial charge < -0.3 is 170 Å². The Balaban J connectivity index is 1.26. The summed E-state index contributed by atoms with van der Waals surface area (Å²) in [7, 11) is -5.43. The van der Waals surface area contributed by atoms with Crippen molar-refractivity contribution in [1.29, 1.82) is 0 Å². The van der Waals surface area contributed by atoms with Crippen molar-refractivity contribution in [2.24, 2.45) is 0 Å². The first-order valence-electron chi connectivity index (χ1n) is 29.0. The largest absolute Gasteiger partial charge is 0.477 e. The average Bonchev–Trinajstić information content (AvgIpc) is 0.762. The average molecular weight is 1410 g/mol. The lowest BCUT2D eigenvalue weighted by atomic mass is 9.88. The van der Waals surface area contributed by atoms with Crippen LogP contribution in [0.1, 0.15) is 40.5 Å². The van der Waals surface area contributed by atoms with Crippen molar-refractivity contribution < 1.29 is 195 Å². The van der Waals surface area contributed by atoms with Gasteiger partial charge in [0, 0.05) is 40.5 Å². The van der Waals surface area contributed by atoms with E-state index in [1.165, 1.54) is 0 Å². The standard InChI is InChI=1S/C50H82N4O40S/c1-13(59)51-25-17(63)5-49(47(76)77,91-39(25)29(67)19(65)7-55)93-41-31(69)21(9-57)86-45(35(41)73)90-38-28(54-16(4)62)43(75)85-23(32(38)70)11-83-44-27(53-15(3)61)34(72)37(22(10-58)87-44)89-46-36(74)42(33(71)24(88-46)12-84-95(80,81)82)94-50(48(78)79)6-18(64)26(52-14(2)60)40(92-50)30(68)20(66)8-56/h17-46,55-58,63-75H,5-12H2,1-4H3,(H,51,59)(H,52,60)(H,53,61)(H,54,62)(H,76,77)(H,78,79)(H,80,81,82)/t17-,18-,19+,20+,21+,22+,23+,24+,25+,26+,27+,28+,29+,30+,31-,32-,33-,34+,35+,36+,37+,38+,39+,40+,41-,42-,43?,44+,45-,46-,49-,50-/m0/s1. The Morgan fingerprint density at radius 2 is 0.863 bits per heavy atom. The summed E-state index contributed by atoms with van der Waals surface area (Å²) < 4.78 is 100. The molecule has 548 valence electrons. The quantitative estimate of drug-likeness (QED) is 0.0324. The first kappa shape index (κ1) is 79.6. The van der Waals surface area contributed by atoms with E-state index in [1.54, 1.807) is 0 Å². The summed E-state index contributed by atoms with van der Waals surface area (Å²) in [4.78, 5) is 75.8. The summed E-state index contributed by atoms with van der Waals surface area (Å²) in [5.41, 5.74) is 0. The third-order valence-corrected chi connectivity index (χ3v) is 16.6. The van der Waals surface area contributed by atoms with Gasteiger partial charge in [0.1, 0.15) is 134 Å². The number of hydrogen-bond donors (Lipinski definition) is 24. The Labute approximate surface area is 536 Å². The molecule has 6 heterocycles. The maximum atomic E-state index is 13.1. The Kier molecular flexibility index (Phi) is 27.8. The molecule has 0 radical (unpaired) electrons. The molecule has 0 spiro atoms. The number of carbonyl (C=O) groups excluding carboxylic acids is 4. The third kappa shape index (κ3) is 18.5. The summed E-state index contributed by atoms with van der Waals surface area (Å²) in [5, 5.41) is 217.